The molecule has 0 saturated carbocycles. The SMILES string of the molecule is CC/C=C\C/C=C\C/C=C\C/C=C\C/C=C\CCCC(=O)OCC(COP(=O)(O)OCC(O)COP(=O)(O)OCC(COC(=O)CCCCCCC/C=C\CCCCCC)OC(=O)CCCCCCCCCCCCC)OC(=O)CCCCCCC/C=C\CCCC. The number of aliphatic hydroxyl groups is 1. The van der Waals surface area contributed by atoms with Crippen molar-refractivity contribution in [2.24, 2.45) is 0 Å². The van der Waals surface area contributed by atoms with Crippen molar-refractivity contribution in [3.05, 3.63) is 85.1 Å². The summed E-state index contributed by atoms with van der Waals surface area (Å²) >= 11 is 0. The van der Waals surface area contributed by atoms with Gasteiger partial charge in [-0.2, -0.15) is 0 Å². The van der Waals surface area contributed by atoms with Gasteiger partial charge in [0.05, 0.1) is 26.4 Å². The minimum Gasteiger partial charge on any atom is -0.462 e. The van der Waals surface area contributed by atoms with E-state index in [1.165, 1.54) is 77.0 Å². The van der Waals surface area contributed by atoms with E-state index in [2.05, 4.69) is 101 Å². The van der Waals surface area contributed by atoms with Crippen LogP contribution in [0.15, 0.2) is 85.1 Å². The fourth-order valence-corrected chi connectivity index (χ4v) is 10.9. The quantitative estimate of drug-likeness (QED) is 0.0169. The predicted octanol–water partition coefficient (Wildman–Crippen LogP) is 19.9. The Morgan fingerprint density at radius 1 is 0.315 bits per heavy atom. The number of hydrogen-bond acceptors (Lipinski definition) is 15. The molecule has 0 aliphatic carbocycles. The molecule has 0 rings (SSSR count). The Balaban J connectivity index is 5.34. The van der Waals surface area contributed by atoms with Crippen molar-refractivity contribution in [2.75, 3.05) is 39.6 Å². The van der Waals surface area contributed by atoms with Gasteiger partial charge in [0.1, 0.15) is 19.3 Å². The number of allylic oxidation sites excluding steroid dienone is 14. The lowest BCUT2D eigenvalue weighted by atomic mass is 10.1. The van der Waals surface area contributed by atoms with Crippen LogP contribution in [0.2, 0.25) is 0 Å². The van der Waals surface area contributed by atoms with E-state index >= 15 is 0 Å². The van der Waals surface area contributed by atoms with Crippen LogP contribution in [0.1, 0.15) is 297 Å². The summed E-state index contributed by atoms with van der Waals surface area (Å²) in [6, 6.07) is 0. The van der Waals surface area contributed by atoms with Crippen LogP contribution in [0.3, 0.4) is 0 Å². The van der Waals surface area contributed by atoms with Gasteiger partial charge in [-0.05, 0) is 109 Å². The van der Waals surface area contributed by atoms with E-state index in [4.69, 9.17) is 37.0 Å². The summed E-state index contributed by atoms with van der Waals surface area (Å²) in [4.78, 5) is 72.5. The van der Waals surface area contributed by atoms with E-state index in [0.29, 0.717) is 32.1 Å². The molecule has 17 nitrogen and oxygen atoms in total. The molecule has 0 fully saturated rings. The fraction of sp³-hybridized carbons (Fsp3) is 0.753. The van der Waals surface area contributed by atoms with Crippen molar-refractivity contribution in [1.82, 2.24) is 0 Å². The van der Waals surface area contributed by atoms with E-state index < -0.39 is 97.5 Å². The van der Waals surface area contributed by atoms with Crippen molar-refractivity contribution < 1.29 is 80.2 Å². The Morgan fingerprint density at radius 2 is 0.587 bits per heavy atom. The number of ether oxygens (including phenoxy) is 4. The summed E-state index contributed by atoms with van der Waals surface area (Å²) in [6.07, 6.45) is 64.6. The number of carbonyl (C=O) groups is 4. The number of phosphoric acid groups is 2. The lowest BCUT2D eigenvalue weighted by Crippen LogP contribution is -2.30. The first-order valence-electron chi connectivity index (χ1n) is 35.8. The number of phosphoric ester groups is 2. The second-order valence-electron chi connectivity index (χ2n) is 23.8. The molecule has 19 heteroatoms. The van der Waals surface area contributed by atoms with E-state index in [-0.39, 0.29) is 25.7 Å². The van der Waals surface area contributed by atoms with Crippen molar-refractivity contribution in [2.45, 2.75) is 316 Å². The zero-order valence-electron chi connectivity index (χ0n) is 57.7. The summed E-state index contributed by atoms with van der Waals surface area (Å²) in [5.74, 6) is -2.25. The molecule has 92 heavy (non-hydrogen) atoms. The lowest BCUT2D eigenvalue weighted by Gasteiger charge is -2.21. The molecule has 0 spiro atoms. The first-order chi connectivity index (χ1) is 44.7. The van der Waals surface area contributed by atoms with Gasteiger partial charge >= 0.3 is 39.5 Å². The highest BCUT2D eigenvalue weighted by molar-refractivity contribution is 7.47. The molecule has 0 aliphatic heterocycles. The van der Waals surface area contributed by atoms with Gasteiger partial charge in [0, 0.05) is 25.7 Å². The van der Waals surface area contributed by atoms with Gasteiger partial charge in [0.25, 0.3) is 0 Å². The highest BCUT2D eigenvalue weighted by Gasteiger charge is 2.30. The van der Waals surface area contributed by atoms with Gasteiger partial charge in [0.15, 0.2) is 12.2 Å². The van der Waals surface area contributed by atoms with Gasteiger partial charge in [0.2, 0.25) is 0 Å². The van der Waals surface area contributed by atoms with Crippen molar-refractivity contribution in [3.8, 4) is 0 Å². The van der Waals surface area contributed by atoms with Crippen LogP contribution in [0, 0.1) is 0 Å². The Bertz CT molecular complexity index is 2090. The summed E-state index contributed by atoms with van der Waals surface area (Å²) in [7, 11) is -9.94. The van der Waals surface area contributed by atoms with Gasteiger partial charge < -0.3 is 33.8 Å². The molecule has 0 aromatic rings. The average Bonchev–Trinajstić information content (AvgIpc) is 2.31. The standard InChI is InChI=1S/C73H128O17P2/c1-5-9-13-17-21-25-29-31-32-33-34-36-40-42-46-50-54-58-71(76)84-64-69(90-73(78)60-56-52-48-44-38-28-24-20-16-12-8-4)66-88-92(81,82)86-62-67(74)61-85-91(79,80)87-65-68(89-72(77)59-55-51-47-43-37-27-23-19-15-11-7-3)63-83-70(75)57-53-49-45-41-39-35-30-26-22-18-14-10-6-2/h9,13,20-21,24-26,30-32,34,36,42,46,67-69,74H,5-8,10-12,14-19,22-23,27-29,33,35,37-41,43-45,47-66H2,1-4H3,(H,79,80)(H,81,82)/b13-9-,24-20-,25-21-,30-26-,32-31-,36-34-,46-42-. The van der Waals surface area contributed by atoms with Crippen LogP contribution in [0.4, 0.5) is 0 Å². The normalized spacial score (nSPS) is 14.6. The molecule has 0 bridgehead atoms. The predicted molar refractivity (Wildman–Crippen MR) is 372 cm³/mol. The van der Waals surface area contributed by atoms with Crippen molar-refractivity contribution in [1.29, 1.82) is 0 Å². The van der Waals surface area contributed by atoms with E-state index in [1.807, 2.05) is 12.2 Å². The largest absolute Gasteiger partial charge is 0.472 e. The highest BCUT2D eigenvalue weighted by Crippen LogP contribution is 2.45. The Labute approximate surface area is 557 Å². The molecular formula is C73H128O17P2. The summed E-state index contributed by atoms with van der Waals surface area (Å²) in [5.41, 5.74) is 0. The maximum absolute atomic E-state index is 13.0. The minimum absolute atomic E-state index is 0.0729. The topological polar surface area (TPSA) is 237 Å². The smallest absolute Gasteiger partial charge is 0.462 e. The van der Waals surface area contributed by atoms with E-state index in [1.54, 1.807) is 0 Å². The average molecular weight is 1340 g/mol. The highest BCUT2D eigenvalue weighted by atomic mass is 31.2. The third kappa shape index (κ3) is 64.9. The molecule has 532 valence electrons. The molecule has 0 aromatic carbocycles. The van der Waals surface area contributed by atoms with Gasteiger partial charge in [-0.1, -0.05) is 248 Å². The Morgan fingerprint density at radius 3 is 0.967 bits per heavy atom. The molecular weight excluding hydrogens is 1210 g/mol. The monoisotopic (exact) mass is 1340 g/mol. The number of rotatable bonds is 67. The summed E-state index contributed by atoms with van der Waals surface area (Å²) in [5, 5.41) is 10.6. The van der Waals surface area contributed by atoms with Crippen LogP contribution in [0.5, 0.6) is 0 Å². The maximum atomic E-state index is 13.0. The molecule has 5 unspecified atom stereocenters. The Kier molecular flexibility index (Phi) is 63.2. The maximum Gasteiger partial charge on any atom is 0.472 e. The molecule has 0 aromatic heterocycles. The fourth-order valence-electron chi connectivity index (χ4n) is 9.35. The molecule has 0 saturated heterocycles. The zero-order valence-corrected chi connectivity index (χ0v) is 59.5. The number of unbranched alkanes of at least 4 members (excludes halogenated alkanes) is 27. The molecule has 3 N–H and O–H groups in total. The van der Waals surface area contributed by atoms with E-state index in [0.717, 1.165) is 135 Å². The first kappa shape index (κ1) is 88.2. The number of hydrogen-bond donors (Lipinski definition) is 3. The van der Waals surface area contributed by atoms with Gasteiger partial charge in [-0.15, -0.1) is 0 Å². The summed E-state index contributed by atoms with van der Waals surface area (Å²) < 4.78 is 68.1. The minimum atomic E-state index is -4.98. The molecule has 0 aliphatic rings. The molecule has 0 heterocycles. The first-order valence-corrected chi connectivity index (χ1v) is 38.8. The van der Waals surface area contributed by atoms with Crippen molar-refractivity contribution in [3.63, 3.8) is 0 Å². The number of aliphatic hydroxyl groups excluding tert-OH is 1. The van der Waals surface area contributed by atoms with Gasteiger partial charge in [-0.25, -0.2) is 9.13 Å². The zero-order chi connectivity index (χ0) is 67.5. The number of esters is 4. The second-order valence-corrected chi connectivity index (χ2v) is 26.7. The molecule has 0 radical (unpaired) electrons. The van der Waals surface area contributed by atoms with Crippen LogP contribution >= 0.6 is 15.6 Å². The van der Waals surface area contributed by atoms with E-state index in [9.17, 15) is 43.2 Å². The van der Waals surface area contributed by atoms with Crippen LogP contribution in [-0.2, 0) is 65.4 Å². The summed E-state index contributed by atoms with van der Waals surface area (Å²) in [6.45, 7) is 4.61. The molecule has 5 atom stereocenters. The van der Waals surface area contributed by atoms with Crippen LogP contribution in [0.25, 0.3) is 0 Å². The second kappa shape index (κ2) is 65.9. The third-order valence-corrected chi connectivity index (χ3v) is 16.7. The Hall–Kier alpha value is -3.76. The number of carbonyl (C=O) groups excluding carboxylic acids is 4. The third-order valence-electron chi connectivity index (χ3n) is 14.8. The van der Waals surface area contributed by atoms with Crippen LogP contribution < -0.4 is 0 Å². The van der Waals surface area contributed by atoms with Crippen LogP contribution in [-0.4, -0.2) is 96.7 Å². The van der Waals surface area contributed by atoms with Gasteiger partial charge in [-0.3, -0.25) is 37.3 Å². The lowest BCUT2D eigenvalue weighted by molar-refractivity contribution is -0.161. The van der Waals surface area contributed by atoms with Crippen molar-refractivity contribution >= 4 is 39.5 Å². The molecule has 0 amide bonds.